The van der Waals surface area contributed by atoms with Crippen molar-refractivity contribution in [1.82, 2.24) is 5.32 Å². The summed E-state index contributed by atoms with van der Waals surface area (Å²) in [5, 5.41) is 3.19. The van der Waals surface area contributed by atoms with E-state index in [1.54, 1.807) is 0 Å². The highest BCUT2D eigenvalue weighted by molar-refractivity contribution is 5.88. The van der Waals surface area contributed by atoms with Crippen LogP contribution in [-0.2, 0) is 10.2 Å². The Kier molecular flexibility index (Phi) is 5.65. The zero-order chi connectivity index (χ0) is 18.6. The van der Waals surface area contributed by atoms with Crippen LogP contribution < -0.4 is 10.1 Å². The lowest BCUT2D eigenvalue weighted by molar-refractivity contribution is -0.127. The van der Waals surface area contributed by atoms with Gasteiger partial charge in [0.25, 0.3) is 0 Å². The van der Waals surface area contributed by atoms with E-state index in [2.05, 4.69) is 37.4 Å². The van der Waals surface area contributed by atoms with E-state index in [1.165, 1.54) is 11.1 Å². The minimum Gasteiger partial charge on any atom is -0.491 e. The summed E-state index contributed by atoms with van der Waals surface area (Å²) in [6, 6.07) is 16.3. The maximum atomic E-state index is 13.1. The van der Waals surface area contributed by atoms with Crippen molar-refractivity contribution in [1.29, 1.82) is 0 Å². The van der Waals surface area contributed by atoms with Gasteiger partial charge in [0.05, 0.1) is 11.5 Å². The fourth-order valence-electron chi connectivity index (χ4n) is 3.81. The van der Waals surface area contributed by atoms with Crippen molar-refractivity contribution < 1.29 is 9.53 Å². The van der Waals surface area contributed by atoms with Gasteiger partial charge >= 0.3 is 0 Å². The summed E-state index contributed by atoms with van der Waals surface area (Å²) in [4.78, 5) is 13.1. The highest BCUT2D eigenvalue weighted by Crippen LogP contribution is 2.41. The van der Waals surface area contributed by atoms with Gasteiger partial charge in [-0.15, -0.1) is 0 Å². The highest BCUT2D eigenvalue weighted by atomic mass is 16.5. The number of rotatable bonds is 6. The van der Waals surface area contributed by atoms with Crippen molar-refractivity contribution in [3.8, 4) is 5.75 Å². The van der Waals surface area contributed by atoms with E-state index in [4.69, 9.17) is 4.74 Å². The molecular weight excluding hydrogens is 322 g/mol. The van der Waals surface area contributed by atoms with E-state index < -0.39 is 0 Å². The van der Waals surface area contributed by atoms with Gasteiger partial charge in [-0.05, 0) is 62.4 Å². The first-order chi connectivity index (χ1) is 12.5. The molecule has 2 aromatic rings. The number of nitrogens with one attached hydrogen (secondary N) is 1. The summed E-state index contributed by atoms with van der Waals surface area (Å²) in [5.74, 6) is 0.991. The van der Waals surface area contributed by atoms with Crippen molar-refractivity contribution in [2.45, 2.75) is 57.9 Å². The summed E-state index contributed by atoms with van der Waals surface area (Å²) in [5.41, 5.74) is 3.23. The van der Waals surface area contributed by atoms with Crippen LogP contribution >= 0.6 is 0 Å². The largest absolute Gasteiger partial charge is 0.491 e. The Morgan fingerprint density at radius 2 is 1.77 bits per heavy atom. The molecule has 0 spiro atoms. The second-order valence-electron chi connectivity index (χ2n) is 7.59. The maximum Gasteiger partial charge on any atom is 0.230 e. The molecule has 0 saturated heterocycles. The number of carbonyl (C=O) groups excluding carboxylic acids is 1. The van der Waals surface area contributed by atoms with E-state index in [9.17, 15) is 4.79 Å². The fourth-order valence-corrected chi connectivity index (χ4v) is 3.81. The molecule has 3 heteroatoms. The first-order valence-electron chi connectivity index (χ1n) is 9.58. The monoisotopic (exact) mass is 351 g/mol. The van der Waals surface area contributed by atoms with Crippen LogP contribution in [0, 0.1) is 13.8 Å². The topological polar surface area (TPSA) is 38.3 Å². The quantitative estimate of drug-likeness (QED) is 0.819. The highest BCUT2D eigenvalue weighted by Gasteiger charge is 2.42. The lowest BCUT2D eigenvalue weighted by Gasteiger charge is -2.30. The summed E-state index contributed by atoms with van der Waals surface area (Å²) in [6.07, 6.45) is 4.06. The molecule has 1 fully saturated rings. The normalized spacial score (nSPS) is 16.9. The Balaban J connectivity index is 1.63. The molecule has 1 amide bonds. The lowest BCUT2D eigenvalue weighted by Crippen LogP contribution is -2.47. The number of hydrogen-bond acceptors (Lipinski definition) is 2. The van der Waals surface area contributed by atoms with Gasteiger partial charge in [-0.1, -0.05) is 49.2 Å². The van der Waals surface area contributed by atoms with E-state index in [-0.39, 0.29) is 17.4 Å². The van der Waals surface area contributed by atoms with Crippen LogP contribution in [0.15, 0.2) is 48.5 Å². The molecule has 1 atom stereocenters. The van der Waals surface area contributed by atoms with Crippen LogP contribution in [0.2, 0.25) is 0 Å². The Hall–Kier alpha value is -2.29. The van der Waals surface area contributed by atoms with Crippen molar-refractivity contribution in [2.75, 3.05) is 6.61 Å². The number of hydrogen-bond donors (Lipinski definition) is 1. The minimum absolute atomic E-state index is 0.0368. The van der Waals surface area contributed by atoms with Gasteiger partial charge in [0.15, 0.2) is 0 Å². The van der Waals surface area contributed by atoms with Gasteiger partial charge in [0.1, 0.15) is 12.4 Å². The molecule has 0 unspecified atom stereocenters. The molecule has 2 aromatic carbocycles. The second-order valence-corrected chi connectivity index (χ2v) is 7.59. The zero-order valence-electron chi connectivity index (χ0n) is 16.0. The Labute approximate surface area is 156 Å². The van der Waals surface area contributed by atoms with Crippen LogP contribution in [-0.4, -0.2) is 18.6 Å². The maximum absolute atomic E-state index is 13.1. The molecule has 1 saturated carbocycles. The molecule has 0 radical (unpaired) electrons. The smallest absolute Gasteiger partial charge is 0.230 e. The molecule has 0 aromatic heterocycles. The summed E-state index contributed by atoms with van der Waals surface area (Å²) in [7, 11) is 0. The number of ether oxygens (including phenoxy) is 1. The number of amides is 1. The Morgan fingerprint density at radius 3 is 2.42 bits per heavy atom. The Bertz CT molecular complexity index is 748. The molecule has 3 rings (SSSR count). The number of aryl methyl sites for hydroxylation is 2. The van der Waals surface area contributed by atoms with Crippen LogP contribution in [0.1, 0.15) is 49.3 Å². The molecule has 3 nitrogen and oxygen atoms in total. The van der Waals surface area contributed by atoms with E-state index in [0.717, 1.165) is 37.0 Å². The third-order valence-corrected chi connectivity index (χ3v) is 5.57. The second kappa shape index (κ2) is 7.94. The van der Waals surface area contributed by atoms with Crippen LogP contribution in [0.5, 0.6) is 5.75 Å². The van der Waals surface area contributed by atoms with Gasteiger partial charge in [0.2, 0.25) is 5.91 Å². The first-order valence-corrected chi connectivity index (χ1v) is 9.58. The van der Waals surface area contributed by atoms with Gasteiger partial charge in [-0.2, -0.15) is 0 Å². The van der Waals surface area contributed by atoms with Gasteiger partial charge in [-0.25, -0.2) is 0 Å². The molecular formula is C23H29NO2. The van der Waals surface area contributed by atoms with Crippen LogP contribution in [0.4, 0.5) is 0 Å². The lowest BCUT2D eigenvalue weighted by atomic mass is 9.78. The van der Waals surface area contributed by atoms with Crippen molar-refractivity contribution in [2.24, 2.45) is 0 Å². The molecule has 0 aliphatic heterocycles. The molecule has 26 heavy (non-hydrogen) atoms. The Morgan fingerprint density at radius 1 is 1.08 bits per heavy atom. The fraction of sp³-hybridized carbons (Fsp3) is 0.435. The van der Waals surface area contributed by atoms with E-state index in [1.807, 2.05) is 37.3 Å². The third kappa shape index (κ3) is 3.92. The average molecular weight is 351 g/mol. The summed E-state index contributed by atoms with van der Waals surface area (Å²) < 4.78 is 5.89. The SMILES string of the molecule is Cc1ccc(OC[C@H](C)NC(=O)C2(c3ccccc3)CCCC2)cc1C. The molecule has 1 aliphatic rings. The van der Waals surface area contributed by atoms with Gasteiger partial charge in [0, 0.05) is 0 Å². The predicted octanol–water partition coefficient (Wildman–Crippen LogP) is 4.70. The molecule has 1 aliphatic carbocycles. The van der Waals surface area contributed by atoms with Gasteiger partial charge in [-0.3, -0.25) is 4.79 Å². The average Bonchev–Trinajstić information content (AvgIpc) is 3.15. The molecule has 1 N–H and O–H groups in total. The van der Waals surface area contributed by atoms with Gasteiger partial charge < -0.3 is 10.1 Å². The van der Waals surface area contributed by atoms with Crippen LogP contribution in [0.25, 0.3) is 0 Å². The van der Waals surface area contributed by atoms with E-state index >= 15 is 0 Å². The van der Waals surface area contributed by atoms with Crippen molar-refractivity contribution in [3.05, 3.63) is 65.2 Å². The predicted molar refractivity (Wildman–Crippen MR) is 106 cm³/mol. The van der Waals surface area contributed by atoms with Crippen LogP contribution in [0.3, 0.4) is 0 Å². The molecule has 0 heterocycles. The minimum atomic E-state index is -0.379. The van der Waals surface area contributed by atoms with Crippen molar-refractivity contribution in [3.63, 3.8) is 0 Å². The summed E-state index contributed by atoms with van der Waals surface area (Å²) in [6.45, 7) is 6.65. The van der Waals surface area contributed by atoms with Crippen molar-refractivity contribution >= 4 is 5.91 Å². The van der Waals surface area contributed by atoms with E-state index in [0.29, 0.717) is 6.61 Å². The number of benzene rings is 2. The first kappa shape index (κ1) is 18.5. The standard InChI is InChI=1S/C23H29NO2/c1-17-11-12-21(15-18(17)2)26-16-19(3)24-22(25)23(13-7-8-14-23)20-9-5-4-6-10-20/h4-6,9-12,15,19H,7-8,13-14,16H2,1-3H3,(H,24,25)/t19-/m0/s1. The third-order valence-electron chi connectivity index (χ3n) is 5.57. The summed E-state index contributed by atoms with van der Waals surface area (Å²) >= 11 is 0. The molecule has 0 bridgehead atoms. The number of carbonyl (C=O) groups is 1. The molecule has 138 valence electrons. The zero-order valence-corrected chi connectivity index (χ0v) is 16.0.